The highest BCUT2D eigenvalue weighted by Gasteiger charge is 2.34. The van der Waals surface area contributed by atoms with Crippen LogP contribution < -0.4 is 5.32 Å². The maximum Gasteiger partial charge on any atom is 0.233 e. The van der Waals surface area contributed by atoms with E-state index in [2.05, 4.69) is 22.4 Å². The molecule has 0 radical (unpaired) electrons. The van der Waals surface area contributed by atoms with Crippen molar-refractivity contribution in [2.45, 2.75) is 31.6 Å². The summed E-state index contributed by atoms with van der Waals surface area (Å²) in [4.78, 5) is 4.57. The number of benzene rings is 1. The van der Waals surface area contributed by atoms with Crippen molar-refractivity contribution in [1.29, 1.82) is 0 Å². The van der Waals surface area contributed by atoms with Gasteiger partial charge in [0.1, 0.15) is 0 Å². The monoisotopic (exact) mass is 291 g/mol. The quantitative estimate of drug-likeness (QED) is 0.944. The Bertz CT molecular complexity index is 590. The van der Waals surface area contributed by atoms with Gasteiger partial charge in [0.2, 0.25) is 5.89 Å². The summed E-state index contributed by atoms with van der Waals surface area (Å²) in [6.07, 6.45) is 2.87. The Morgan fingerprint density at radius 3 is 3.10 bits per heavy atom. The largest absolute Gasteiger partial charge is 0.339 e. The summed E-state index contributed by atoms with van der Waals surface area (Å²) in [6.45, 7) is 4.14. The van der Waals surface area contributed by atoms with Gasteiger partial charge in [0.15, 0.2) is 5.82 Å². The van der Waals surface area contributed by atoms with E-state index in [9.17, 15) is 0 Å². The average molecular weight is 292 g/mol. The van der Waals surface area contributed by atoms with Crippen molar-refractivity contribution in [2.75, 3.05) is 13.1 Å². The fourth-order valence-electron chi connectivity index (χ4n) is 2.64. The third-order valence-corrected chi connectivity index (χ3v) is 4.07. The van der Waals surface area contributed by atoms with Gasteiger partial charge in [-0.1, -0.05) is 28.9 Å². The first-order valence-corrected chi connectivity index (χ1v) is 7.32. The lowest BCUT2D eigenvalue weighted by atomic mass is 9.83. The summed E-state index contributed by atoms with van der Waals surface area (Å²) in [5.41, 5.74) is 1.05. The SMILES string of the molecule is CC1(c2nc(Cc3cccc(Cl)c3)no2)CCCNC1. The van der Waals surface area contributed by atoms with Crippen molar-refractivity contribution in [3.63, 3.8) is 0 Å². The lowest BCUT2D eigenvalue weighted by molar-refractivity contribution is 0.245. The van der Waals surface area contributed by atoms with Crippen LogP contribution in [0.2, 0.25) is 5.02 Å². The zero-order chi connectivity index (χ0) is 14.0. The summed E-state index contributed by atoms with van der Waals surface area (Å²) in [5, 5.41) is 8.23. The summed E-state index contributed by atoms with van der Waals surface area (Å²) < 4.78 is 5.48. The number of halogens is 1. The van der Waals surface area contributed by atoms with E-state index >= 15 is 0 Å². The van der Waals surface area contributed by atoms with E-state index in [0.29, 0.717) is 12.2 Å². The predicted octanol–water partition coefficient (Wildman–Crippen LogP) is 2.95. The molecule has 1 fully saturated rings. The molecule has 0 bridgehead atoms. The van der Waals surface area contributed by atoms with Crippen LogP contribution in [0.4, 0.5) is 0 Å². The van der Waals surface area contributed by atoms with E-state index in [-0.39, 0.29) is 5.41 Å². The second kappa shape index (κ2) is 5.54. The molecule has 1 aliphatic heterocycles. The van der Waals surface area contributed by atoms with Crippen molar-refractivity contribution in [2.24, 2.45) is 0 Å². The maximum absolute atomic E-state index is 5.99. The molecule has 5 heteroatoms. The third-order valence-electron chi connectivity index (χ3n) is 3.83. The average Bonchev–Trinajstić information content (AvgIpc) is 2.89. The second-order valence-electron chi connectivity index (χ2n) is 5.66. The Hall–Kier alpha value is -1.39. The van der Waals surface area contributed by atoms with Gasteiger partial charge in [-0.2, -0.15) is 4.98 Å². The molecule has 2 aromatic rings. The Kier molecular flexibility index (Phi) is 3.76. The molecule has 0 saturated carbocycles. The van der Waals surface area contributed by atoms with E-state index in [1.54, 1.807) is 0 Å². The molecular formula is C15H18ClN3O. The molecule has 1 N–H and O–H groups in total. The molecule has 1 aromatic carbocycles. The zero-order valence-corrected chi connectivity index (χ0v) is 12.3. The van der Waals surface area contributed by atoms with E-state index in [0.717, 1.165) is 42.4 Å². The van der Waals surface area contributed by atoms with Gasteiger partial charge in [0.25, 0.3) is 0 Å². The van der Waals surface area contributed by atoms with Crippen LogP contribution in [0.15, 0.2) is 28.8 Å². The molecule has 0 aliphatic carbocycles. The summed E-state index contributed by atoms with van der Waals surface area (Å²) in [5.74, 6) is 1.45. The molecule has 1 aliphatic rings. The Morgan fingerprint density at radius 2 is 2.35 bits per heavy atom. The maximum atomic E-state index is 5.99. The lowest BCUT2D eigenvalue weighted by Gasteiger charge is -2.30. The molecule has 1 aromatic heterocycles. The van der Waals surface area contributed by atoms with Gasteiger partial charge in [-0.3, -0.25) is 0 Å². The Labute approximate surface area is 123 Å². The van der Waals surface area contributed by atoms with Crippen LogP contribution >= 0.6 is 11.6 Å². The highest BCUT2D eigenvalue weighted by Crippen LogP contribution is 2.29. The van der Waals surface area contributed by atoms with Gasteiger partial charge in [-0.15, -0.1) is 0 Å². The van der Waals surface area contributed by atoms with Gasteiger partial charge in [-0.25, -0.2) is 0 Å². The number of nitrogens with zero attached hydrogens (tertiary/aromatic N) is 2. The van der Waals surface area contributed by atoms with Gasteiger partial charge in [0, 0.05) is 18.0 Å². The van der Waals surface area contributed by atoms with Crippen LogP contribution in [0.5, 0.6) is 0 Å². The highest BCUT2D eigenvalue weighted by atomic mass is 35.5. The molecule has 3 rings (SSSR count). The lowest BCUT2D eigenvalue weighted by Crippen LogP contribution is -2.41. The van der Waals surface area contributed by atoms with Crippen molar-refractivity contribution in [3.8, 4) is 0 Å². The van der Waals surface area contributed by atoms with Crippen LogP contribution in [-0.2, 0) is 11.8 Å². The third kappa shape index (κ3) is 2.86. The topological polar surface area (TPSA) is 51.0 Å². The van der Waals surface area contributed by atoms with Crippen LogP contribution in [0.1, 0.15) is 37.0 Å². The number of aromatic nitrogens is 2. The van der Waals surface area contributed by atoms with Crippen LogP contribution in [-0.4, -0.2) is 23.2 Å². The number of rotatable bonds is 3. The molecule has 0 amide bonds. The minimum atomic E-state index is -0.0438. The fourth-order valence-corrected chi connectivity index (χ4v) is 2.85. The molecular weight excluding hydrogens is 274 g/mol. The molecule has 106 valence electrons. The Morgan fingerprint density at radius 1 is 1.45 bits per heavy atom. The summed E-state index contributed by atoms with van der Waals surface area (Å²) in [7, 11) is 0. The van der Waals surface area contributed by atoms with Gasteiger partial charge >= 0.3 is 0 Å². The van der Waals surface area contributed by atoms with E-state index in [4.69, 9.17) is 16.1 Å². The smallest absolute Gasteiger partial charge is 0.233 e. The predicted molar refractivity (Wildman–Crippen MR) is 78.0 cm³/mol. The number of piperidine rings is 1. The van der Waals surface area contributed by atoms with Crippen molar-refractivity contribution >= 4 is 11.6 Å². The van der Waals surface area contributed by atoms with Crippen LogP contribution in [0.25, 0.3) is 0 Å². The van der Waals surface area contributed by atoms with Crippen molar-refractivity contribution in [1.82, 2.24) is 15.5 Å². The molecule has 2 heterocycles. The molecule has 20 heavy (non-hydrogen) atoms. The van der Waals surface area contributed by atoms with E-state index < -0.39 is 0 Å². The van der Waals surface area contributed by atoms with Gasteiger partial charge in [-0.05, 0) is 44.0 Å². The zero-order valence-electron chi connectivity index (χ0n) is 11.5. The molecule has 1 saturated heterocycles. The van der Waals surface area contributed by atoms with Gasteiger partial charge < -0.3 is 9.84 Å². The fraction of sp³-hybridized carbons (Fsp3) is 0.467. The summed E-state index contributed by atoms with van der Waals surface area (Å²) in [6, 6.07) is 7.75. The standard InChI is InChI=1S/C15H18ClN3O/c1-15(6-3-7-17-10-15)14-18-13(19-20-14)9-11-4-2-5-12(16)8-11/h2,4-5,8,17H,3,6-7,9-10H2,1H3. The van der Waals surface area contributed by atoms with Gasteiger partial charge in [0.05, 0.1) is 5.41 Å². The molecule has 4 nitrogen and oxygen atoms in total. The van der Waals surface area contributed by atoms with Crippen LogP contribution in [0.3, 0.4) is 0 Å². The number of hydrogen-bond donors (Lipinski definition) is 1. The highest BCUT2D eigenvalue weighted by molar-refractivity contribution is 6.30. The second-order valence-corrected chi connectivity index (χ2v) is 6.10. The van der Waals surface area contributed by atoms with E-state index in [1.165, 1.54) is 0 Å². The first-order chi connectivity index (χ1) is 9.66. The first kappa shape index (κ1) is 13.6. The molecule has 1 atom stereocenters. The normalized spacial score (nSPS) is 22.9. The number of hydrogen-bond acceptors (Lipinski definition) is 4. The Balaban J connectivity index is 1.76. The van der Waals surface area contributed by atoms with Crippen molar-refractivity contribution < 1.29 is 4.52 Å². The van der Waals surface area contributed by atoms with Crippen LogP contribution in [0, 0.1) is 0 Å². The molecule has 0 spiro atoms. The first-order valence-electron chi connectivity index (χ1n) is 6.94. The summed E-state index contributed by atoms with van der Waals surface area (Å²) >= 11 is 5.99. The minimum Gasteiger partial charge on any atom is -0.339 e. The van der Waals surface area contributed by atoms with Crippen molar-refractivity contribution in [3.05, 3.63) is 46.6 Å². The number of nitrogens with one attached hydrogen (secondary N) is 1. The minimum absolute atomic E-state index is 0.0438. The van der Waals surface area contributed by atoms with E-state index in [1.807, 2.05) is 24.3 Å². The molecule has 1 unspecified atom stereocenters.